The van der Waals surface area contributed by atoms with Crippen LogP contribution in [0.4, 0.5) is 4.79 Å². The number of aliphatic imine (C=N–C) groups is 1. The van der Waals surface area contributed by atoms with Gasteiger partial charge in [0.15, 0.2) is 0 Å². The molecule has 2 heterocycles. The average molecular weight is 392 g/mol. The molecule has 0 saturated carbocycles. The number of likely N-dealkylation sites (N-methyl/N-ethyl adjacent to an activating group) is 2. The Morgan fingerprint density at radius 1 is 1.33 bits per heavy atom. The molecule has 142 valence electrons. The molecule has 27 heavy (non-hydrogen) atoms. The van der Waals surface area contributed by atoms with Crippen LogP contribution < -0.4 is 5.43 Å². The smallest absolute Gasteiger partial charge is 0.381 e. The minimum atomic E-state index is -0.703. The van der Waals surface area contributed by atoms with Gasteiger partial charge in [0.2, 0.25) is 11.9 Å². The van der Waals surface area contributed by atoms with Gasteiger partial charge in [-0.3, -0.25) is 14.6 Å². The fraction of sp³-hybridized carbons (Fsp3) is 0.353. The van der Waals surface area contributed by atoms with Crippen molar-refractivity contribution < 1.29 is 18.9 Å². The first-order valence-electron chi connectivity index (χ1n) is 8.25. The third kappa shape index (κ3) is 3.56. The minimum Gasteiger partial charge on any atom is -0.381 e. The molecule has 1 fully saturated rings. The van der Waals surface area contributed by atoms with Crippen LogP contribution in [0.1, 0.15) is 5.56 Å². The highest BCUT2D eigenvalue weighted by molar-refractivity contribution is 6.33. The third-order valence-corrected chi connectivity index (χ3v) is 4.68. The van der Waals surface area contributed by atoms with E-state index < -0.39 is 12.1 Å². The SMILES string of the molecule is COCC[N+]1=C(N/N=C/c2ccccc2Cl)N=C2C1C(=O)N(C)C(=O)N2C. The molecule has 1 saturated heterocycles. The molecule has 2 aliphatic rings. The fourth-order valence-corrected chi connectivity index (χ4v) is 3.04. The van der Waals surface area contributed by atoms with E-state index in [1.165, 1.54) is 11.9 Å². The number of hydrogen-bond donors (Lipinski definition) is 1. The lowest BCUT2D eigenvalue weighted by Gasteiger charge is -2.31. The van der Waals surface area contributed by atoms with Crippen LogP contribution in [-0.2, 0) is 9.53 Å². The maximum atomic E-state index is 12.6. The molecule has 3 amide bonds. The monoisotopic (exact) mass is 391 g/mol. The van der Waals surface area contributed by atoms with Crippen LogP contribution in [0.3, 0.4) is 0 Å². The van der Waals surface area contributed by atoms with E-state index in [9.17, 15) is 9.59 Å². The molecule has 1 N–H and O–H groups in total. The quantitative estimate of drug-likeness (QED) is 0.452. The summed E-state index contributed by atoms with van der Waals surface area (Å²) in [7, 11) is 4.61. The van der Waals surface area contributed by atoms with Gasteiger partial charge in [-0.25, -0.2) is 9.37 Å². The Bertz CT molecular complexity index is 866. The number of halogens is 1. The van der Waals surface area contributed by atoms with Crippen LogP contribution in [0.5, 0.6) is 0 Å². The zero-order valence-electron chi connectivity index (χ0n) is 15.2. The van der Waals surface area contributed by atoms with E-state index >= 15 is 0 Å². The third-order valence-electron chi connectivity index (χ3n) is 4.34. The van der Waals surface area contributed by atoms with Crippen molar-refractivity contribution >= 4 is 41.5 Å². The van der Waals surface area contributed by atoms with Crippen molar-refractivity contribution in [1.82, 2.24) is 15.2 Å². The van der Waals surface area contributed by atoms with E-state index in [2.05, 4.69) is 15.5 Å². The number of urea groups is 1. The maximum absolute atomic E-state index is 12.6. The van der Waals surface area contributed by atoms with E-state index in [0.717, 1.165) is 10.5 Å². The molecular weight excluding hydrogens is 372 g/mol. The Morgan fingerprint density at radius 2 is 2.07 bits per heavy atom. The zero-order chi connectivity index (χ0) is 19.6. The predicted molar refractivity (Wildman–Crippen MR) is 101 cm³/mol. The number of ether oxygens (including phenoxy) is 1. The number of hydrogen-bond acceptors (Lipinski definition) is 6. The van der Waals surface area contributed by atoms with E-state index in [4.69, 9.17) is 16.3 Å². The van der Waals surface area contributed by atoms with Crippen LogP contribution in [0, 0.1) is 0 Å². The van der Waals surface area contributed by atoms with Crippen molar-refractivity contribution in [3.8, 4) is 0 Å². The first-order chi connectivity index (χ1) is 13.0. The van der Waals surface area contributed by atoms with Crippen LogP contribution >= 0.6 is 11.6 Å². The van der Waals surface area contributed by atoms with Crippen molar-refractivity contribution in [3.05, 3.63) is 34.9 Å². The lowest BCUT2D eigenvalue weighted by atomic mass is 10.1. The summed E-state index contributed by atoms with van der Waals surface area (Å²) < 4.78 is 6.86. The van der Waals surface area contributed by atoms with Crippen molar-refractivity contribution in [2.75, 3.05) is 34.4 Å². The molecular formula is C17H20ClN6O3+. The number of carbonyl (C=O) groups is 2. The largest absolute Gasteiger partial charge is 0.414 e. The van der Waals surface area contributed by atoms with Gasteiger partial charge in [0.25, 0.3) is 5.91 Å². The minimum absolute atomic E-state index is 0.347. The zero-order valence-corrected chi connectivity index (χ0v) is 16.0. The van der Waals surface area contributed by atoms with Gasteiger partial charge in [-0.15, -0.1) is 5.10 Å². The average Bonchev–Trinajstić information content (AvgIpc) is 3.03. The van der Waals surface area contributed by atoms with Crippen molar-refractivity contribution in [2.24, 2.45) is 10.1 Å². The fourth-order valence-electron chi connectivity index (χ4n) is 2.85. The second-order valence-electron chi connectivity index (χ2n) is 6.01. The topological polar surface area (TPSA) is 89.6 Å². The number of benzene rings is 1. The summed E-state index contributed by atoms with van der Waals surface area (Å²) in [4.78, 5) is 31.7. The second-order valence-corrected chi connectivity index (χ2v) is 6.42. The van der Waals surface area contributed by atoms with Gasteiger partial charge in [-0.05, 0) is 6.07 Å². The first kappa shape index (κ1) is 19.0. The second kappa shape index (κ2) is 7.85. The van der Waals surface area contributed by atoms with Crippen LogP contribution in [-0.4, -0.2) is 84.7 Å². The molecule has 1 aromatic rings. The summed E-state index contributed by atoms with van der Waals surface area (Å²) in [6, 6.07) is 6.14. The summed E-state index contributed by atoms with van der Waals surface area (Å²) in [6.07, 6.45) is 1.56. The number of fused-ring (bicyclic) bond motifs is 1. The predicted octanol–water partition coefficient (Wildman–Crippen LogP) is 0.583. The standard InChI is InChI=1S/C17H19ClN6O3/c1-22-14-13(15(25)23(2)17(22)26)24(8-9-27-3)16(20-14)21-19-10-11-6-4-5-7-12(11)18/h4-7,10,13H,8-9H2,1-3H3/p+1/b19-10+. The molecule has 0 aromatic heterocycles. The van der Waals surface area contributed by atoms with Gasteiger partial charge in [-0.2, -0.15) is 5.43 Å². The Hall–Kier alpha value is -2.78. The van der Waals surface area contributed by atoms with Crippen molar-refractivity contribution in [1.29, 1.82) is 0 Å². The van der Waals surface area contributed by atoms with Gasteiger partial charge < -0.3 is 4.74 Å². The summed E-state index contributed by atoms with van der Waals surface area (Å²) in [5.74, 6) is 0.369. The highest BCUT2D eigenvalue weighted by atomic mass is 35.5. The van der Waals surface area contributed by atoms with Gasteiger partial charge in [0.05, 0.1) is 19.4 Å². The molecule has 3 rings (SSSR count). The van der Waals surface area contributed by atoms with Crippen molar-refractivity contribution in [3.63, 3.8) is 0 Å². The summed E-state index contributed by atoms with van der Waals surface area (Å²) in [6.45, 7) is 0.785. The molecule has 0 spiro atoms. The Balaban J connectivity index is 1.89. The molecule has 1 aromatic carbocycles. The Labute approximate surface area is 161 Å². The summed E-state index contributed by atoms with van der Waals surface area (Å²) in [5, 5.41) is 4.74. The molecule has 2 aliphatic heterocycles. The highest BCUT2D eigenvalue weighted by Gasteiger charge is 2.51. The van der Waals surface area contributed by atoms with Crippen LogP contribution in [0.2, 0.25) is 5.02 Å². The number of nitrogens with zero attached hydrogens (tertiary/aromatic N) is 5. The van der Waals surface area contributed by atoms with Gasteiger partial charge >= 0.3 is 12.0 Å². The number of amides is 3. The number of imide groups is 1. The normalized spacial score (nSPS) is 19.9. The Kier molecular flexibility index (Phi) is 5.52. The lowest BCUT2D eigenvalue weighted by molar-refractivity contribution is -0.539. The van der Waals surface area contributed by atoms with E-state index in [-0.39, 0.29) is 5.91 Å². The van der Waals surface area contributed by atoms with Gasteiger partial charge in [0, 0.05) is 31.8 Å². The lowest BCUT2D eigenvalue weighted by Crippen LogP contribution is -2.61. The van der Waals surface area contributed by atoms with E-state index in [1.54, 1.807) is 31.0 Å². The van der Waals surface area contributed by atoms with Crippen molar-refractivity contribution in [2.45, 2.75) is 6.04 Å². The van der Waals surface area contributed by atoms with Gasteiger partial charge in [-0.1, -0.05) is 34.8 Å². The first-order valence-corrected chi connectivity index (χ1v) is 8.63. The van der Waals surface area contributed by atoms with Crippen LogP contribution in [0.15, 0.2) is 34.4 Å². The molecule has 10 heteroatoms. The molecule has 0 radical (unpaired) electrons. The number of amidine groups is 1. The molecule has 9 nitrogen and oxygen atoms in total. The van der Waals surface area contributed by atoms with Crippen LogP contribution in [0.25, 0.3) is 0 Å². The summed E-state index contributed by atoms with van der Waals surface area (Å²) >= 11 is 6.11. The highest BCUT2D eigenvalue weighted by Crippen LogP contribution is 2.18. The number of hydrazone groups is 1. The van der Waals surface area contributed by atoms with E-state index in [0.29, 0.717) is 30.0 Å². The Morgan fingerprint density at radius 3 is 2.78 bits per heavy atom. The number of carbonyl (C=O) groups excluding carboxylic acids is 2. The molecule has 0 aliphatic carbocycles. The molecule has 1 atom stereocenters. The summed E-state index contributed by atoms with van der Waals surface area (Å²) in [5.41, 5.74) is 3.58. The number of nitrogens with one attached hydrogen (secondary N) is 1. The van der Waals surface area contributed by atoms with Gasteiger partial charge in [0.1, 0.15) is 0 Å². The molecule has 1 unspecified atom stereocenters. The maximum Gasteiger partial charge on any atom is 0.414 e. The number of methoxy groups -OCH3 is 1. The number of rotatable bonds is 5. The number of guanidine groups is 1. The van der Waals surface area contributed by atoms with E-state index in [1.807, 2.05) is 18.2 Å². The molecule has 0 bridgehead atoms.